The summed E-state index contributed by atoms with van der Waals surface area (Å²) in [6.07, 6.45) is 2.18. The van der Waals surface area contributed by atoms with Gasteiger partial charge in [0.1, 0.15) is 0 Å². The molecule has 0 spiro atoms. The number of nitrogens with zero attached hydrogens (tertiary/aromatic N) is 1. The fourth-order valence-corrected chi connectivity index (χ4v) is 2.49. The van der Waals surface area contributed by atoms with Gasteiger partial charge in [-0.25, -0.2) is 0 Å². The van der Waals surface area contributed by atoms with E-state index in [0.29, 0.717) is 11.6 Å². The van der Waals surface area contributed by atoms with Crippen LogP contribution in [0.25, 0.3) is 0 Å². The molecule has 0 saturated heterocycles. The van der Waals surface area contributed by atoms with E-state index in [4.69, 9.17) is 16.9 Å². The second kappa shape index (κ2) is 7.83. The molecular formula is C18H19ClN2. The minimum Gasteiger partial charge on any atom is -0.306 e. The van der Waals surface area contributed by atoms with E-state index in [-0.39, 0.29) is 0 Å². The third-order valence-electron chi connectivity index (χ3n) is 3.46. The highest BCUT2D eigenvalue weighted by Gasteiger charge is 2.10. The van der Waals surface area contributed by atoms with E-state index in [1.807, 2.05) is 36.4 Å². The lowest BCUT2D eigenvalue weighted by Gasteiger charge is -2.19. The van der Waals surface area contributed by atoms with Gasteiger partial charge in [-0.2, -0.15) is 5.26 Å². The van der Waals surface area contributed by atoms with Crippen molar-refractivity contribution in [2.75, 3.05) is 0 Å². The fourth-order valence-electron chi connectivity index (χ4n) is 2.36. The normalized spacial score (nSPS) is 11.9. The molecule has 0 heterocycles. The molecule has 0 saturated carbocycles. The van der Waals surface area contributed by atoms with Gasteiger partial charge in [-0.15, -0.1) is 0 Å². The van der Waals surface area contributed by atoms with Crippen LogP contribution in [0.4, 0.5) is 0 Å². The van der Waals surface area contributed by atoms with E-state index in [9.17, 15) is 0 Å². The van der Waals surface area contributed by atoms with Gasteiger partial charge in [-0.3, -0.25) is 0 Å². The van der Waals surface area contributed by atoms with Crippen LogP contribution in [-0.2, 0) is 6.54 Å². The molecule has 2 aromatic rings. The van der Waals surface area contributed by atoms with Crippen molar-refractivity contribution in [1.29, 1.82) is 5.26 Å². The average molecular weight is 299 g/mol. The van der Waals surface area contributed by atoms with Crippen molar-refractivity contribution in [1.82, 2.24) is 5.32 Å². The first kappa shape index (κ1) is 15.6. The van der Waals surface area contributed by atoms with E-state index in [1.54, 1.807) is 0 Å². The monoisotopic (exact) mass is 298 g/mol. The molecule has 0 fully saturated rings. The van der Waals surface area contributed by atoms with Crippen molar-refractivity contribution in [3.63, 3.8) is 0 Å². The largest absolute Gasteiger partial charge is 0.306 e. The number of hydrogen-bond donors (Lipinski definition) is 1. The molecule has 1 unspecified atom stereocenters. The maximum atomic E-state index is 8.94. The second-order valence-corrected chi connectivity index (χ2v) is 5.52. The molecule has 0 amide bonds. The highest BCUT2D eigenvalue weighted by Crippen LogP contribution is 2.21. The molecule has 2 nitrogen and oxygen atoms in total. The summed E-state index contributed by atoms with van der Waals surface area (Å²) >= 11 is 5.95. The third kappa shape index (κ3) is 4.60. The number of nitrogens with one attached hydrogen (secondary N) is 1. The first-order valence-corrected chi connectivity index (χ1v) is 7.58. The Labute approximate surface area is 131 Å². The Morgan fingerprint density at radius 1 is 1.19 bits per heavy atom. The topological polar surface area (TPSA) is 35.8 Å². The first-order chi connectivity index (χ1) is 10.2. The molecule has 0 aliphatic carbocycles. The highest BCUT2D eigenvalue weighted by atomic mass is 35.5. The molecule has 2 rings (SSSR count). The van der Waals surface area contributed by atoms with Crippen molar-refractivity contribution >= 4 is 11.6 Å². The van der Waals surface area contributed by atoms with Gasteiger partial charge < -0.3 is 5.32 Å². The molecule has 2 aromatic carbocycles. The number of nitriles is 1. The molecule has 1 atom stereocenters. The summed E-state index contributed by atoms with van der Waals surface area (Å²) in [7, 11) is 0. The zero-order valence-corrected chi connectivity index (χ0v) is 12.9. The van der Waals surface area contributed by atoms with Crippen LogP contribution < -0.4 is 5.32 Å². The van der Waals surface area contributed by atoms with Gasteiger partial charge in [0, 0.05) is 17.6 Å². The van der Waals surface area contributed by atoms with E-state index in [2.05, 4.69) is 30.4 Å². The van der Waals surface area contributed by atoms with Crippen LogP contribution in [0.15, 0.2) is 48.5 Å². The summed E-state index contributed by atoms with van der Waals surface area (Å²) < 4.78 is 0. The second-order valence-electron chi connectivity index (χ2n) is 5.09. The van der Waals surface area contributed by atoms with Crippen molar-refractivity contribution in [3.05, 3.63) is 70.2 Å². The maximum Gasteiger partial charge on any atom is 0.0991 e. The summed E-state index contributed by atoms with van der Waals surface area (Å²) in [5.74, 6) is 0. The Kier molecular flexibility index (Phi) is 5.80. The quantitative estimate of drug-likeness (QED) is 0.828. The third-order valence-corrected chi connectivity index (χ3v) is 3.71. The number of benzene rings is 2. The van der Waals surface area contributed by atoms with Gasteiger partial charge >= 0.3 is 0 Å². The van der Waals surface area contributed by atoms with Crippen LogP contribution in [0.3, 0.4) is 0 Å². The minimum absolute atomic E-state index is 0.304. The smallest absolute Gasteiger partial charge is 0.0991 e. The summed E-state index contributed by atoms with van der Waals surface area (Å²) in [4.78, 5) is 0. The first-order valence-electron chi connectivity index (χ1n) is 7.21. The van der Waals surface area contributed by atoms with E-state index >= 15 is 0 Å². The van der Waals surface area contributed by atoms with E-state index in [1.165, 1.54) is 5.56 Å². The van der Waals surface area contributed by atoms with Crippen LogP contribution in [0, 0.1) is 11.3 Å². The van der Waals surface area contributed by atoms with Gasteiger partial charge in [0.15, 0.2) is 0 Å². The number of hydrogen-bond acceptors (Lipinski definition) is 2. The van der Waals surface area contributed by atoms with Gasteiger partial charge in [-0.1, -0.05) is 49.2 Å². The summed E-state index contributed by atoms with van der Waals surface area (Å²) in [6, 6.07) is 18.2. The van der Waals surface area contributed by atoms with E-state index in [0.717, 1.165) is 30.0 Å². The lowest BCUT2D eigenvalue weighted by Crippen LogP contribution is -2.20. The minimum atomic E-state index is 0.304. The number of halogens is 1. The number of rotatable bonds is 6. The Balaban J connectivity index is 2.06. The predicted molar refractivity (Wildman–Crippen MR) is 87.1 cm³/mol. The Morgan fingerprint density at radius 3 is 2.62 bits per heavy atom. The van der Waals surface area contributed by atoms with Gasteiger partial charge in [-0.05, 0) is 41.8 Å². The van der Waals surface area contributed by atoms with Crippen LogP contribution in [0.5, 0.6) is 0 Å². The molecule has 0 aliphatic heterocycles. The average Bonchev–Trinajstić information content (AvgIpc) is 2.52. The van der Waals surface area contributed by atoms with Crippen molar-refractivity contribution in [2.24, 2.45) is 0 Å². The van der Waals surface area contributed by atoms with Crippen molar-refractivity contribution in [2.45, 2.75) is 32.4 Å². The molecule has 21 heavy (non-hydrogen) atoms. The molecule has 1 N–H and O–H groups in total. The van der Waals surface area contributed by atoms with E-state index < -0.39 is 0 Å². The molecule has 0 aromatic heterocycles. The van der Waals surface area contributed by atoms with Crippen LogP contribution in [-0.4, -0.2) is 0 Å². The Hall–Kier alpha value is -1.82. The Morgan fingerprint density at radius 2 is 1.95 bits per heavy atom. The van der Waals surface area contributed by atoms with Gasteiger partial charge in [0.25, 0.3) is 0 Å². The SMILES string of the molecule is CCCC(NCc1cccc(C#N)c1)c1ccc(Cl)cc1. The maximum absolute atomic E-state index is 8.94. The van der Waals surface area contributed by atoms with Crippen LogP contribution in [0.1, 0.15) is 42.5 Å². The van der Waals surface area contributed by atoms with Crippen LogP contribution in [0.2, 0.25) is 5.02 Å². The molecule has 0 bridgehead atoms. The van der Waals surface area contributed by atoms with Crippen molar-refractivity contribution in [3.8, 4) is 6.07 Å². The lowest BCUT2D eigenvalue weighted by atomic mass is 10.0. The van der Waals surface area contributed by atoms with Gasteiger partial charge in [0.05, 0.1) is 11.6 Å². The molecule has 108 valence electrons. The zero-order valence-electron chi connectivity index (χ0n) is 12.1. The predicted octanol–water partition coefficient (Wildman–Crippen LogP) is 4.84. The van der Waals surface area contributed by atoms with Crippen molar-refractivity contribution < 1.29 is 0 Å². The molecule has 3 heteroatoms. The highest BCUT2D eigenvalue weighted by molar-refractivity contribution is 6.30. The fraction of sp³-hybridized carbons (Fsp3) is 0.278. The lowest BCUT2D eigenvalue weighted by molar-refractivity contribution is 0.493. The molecule has 0 aliphatic rings. The summed E-state index contributed by atoms with van der Waals surface area (Å²) in [5.41, 5.74) is 3.08. The summed E-state index contributed by atoms with van der Waals surface area (Å²) in [6.45, 7) is 2.93. The van der Waals surface area contributed by atoms with Gasteiger partial charge in [0.2, 0.25) is 0 Å². The molecular weight excluding hydrogens is 280 g/mol. The summed E-state index contributed by atoms with van der Waals surface area (Å²) in [5, 5.41) is 13.3. The standard InChI is InChI=1S/C18H19ClN2/c1-2-4-18(16-7-9-17(19)10-8-16)21-13-15-6-3-5-14(11-15)12-20/h3,5-11,18,21H,2,4,13H2,1H3. The zero-order chi connectivity index (χ0) is 15.1. The van der Waals surface area contributed by atoms with Crippen LogP contribution >= 0.6 is 11.6 Å². The Bertz CT molecular complexity index is 614. The molecule has 0 radical (unpaired) electrons.